The molecule has 0 spiro atoms. The van der Waals surface area contributed by atoms with Crippen LogP contribution in [0.3, 0.4) is 0 Å². The molecule has 182 valence electrons. The lowest BCUT2D eigenvalue weighted by Crippen LogP contribution is -2.32. The smallest absolute Gasteiger partial charge is 0.416 e. The third-order valence-corrected chi connectivity index (χ3v) is 4.87. The molecule has 11 heteroatoms. The van der Waals surface area contributed by atoms with E-state index in [1.165, 1.54) is 19.4 Å². The van der Waals surface area contributed by atoms with Crippen molar-refractivity contribution in [3.63, 3.8) is 0 Å². The average molecular weight is 506 g/mol. The van der Waals surface area contributed by atoms with E-state index in [0.29, 0.717) is 27.6 Å². The van der Waals surface area contributed by atoms with Gasteiger partial charge in [-0.3, -0.25) is 9.59 Å². The van der Waals surface area contributed by atoms with Crippen LogP contribution < -0.4 is 20.2 Å². The Hall–Kier alpha value is -4.05. The number of benzene rings is 3. The molecule has 0 saturated carbocycles. The molecule has 7 nitrogen and oxygen atoms in total. The van der Waals surface area contributed by atoms with E-state index in [9.17, 15) is 22.8 Å². The second-order valence-electron chi connectivity index (χ2n) is 7.02. The molecular formula is C24H19ClF3N3O4. The highest BCUT2D eigenvalue weighted by Gasteiger charge is 2.30. The van der Waals surface area contributed by atoms with Crippen molar-refractivity contribution in [1.29, 1.82) is 0 Å². The Balaban J connectivity index is 1.61. The molecule has 0 aliphatic carbocycles. The Bertz CT molecular complexity index is 1250. The predicted octanol–water partition coefficient (Wildman–Crippen LogP) is 5.04. The third kappa shape index (κ3) is 7.21. The number of hydrogen-bond donors (Lipinski definition) is 2. The van der Waals surface area contributed by atoms with Gasteiger partial charge < -0.3 is 14.8 Å². The number of ether oxygens (including phenoxy) is 2. The Morgan fingerprint density at radius 3 is 2.49 bits per heavy atom. The lowest BCUT2D eigenvalue weighted by Gasteiger charge is -2.12. The van der Waals surface area contributed by atoms with Gasteiger partial charge in [0.1, 0.15) is 18.1 Å². The standard InChI is InChI=1S/C24H19ClF3N3O4/c1-34-20-10-9-15(11-16(20)14-35-21-8-3-2-7-19(21)25)13-29-31-23(33)22(32)30-18-6-4-5-17(12-18)24(26,27)28/h2-13H,14H2,1H3,(H,30,32)(H,31,33)/b29-13+. The molecule has 0 saturated heterocycles. The fraction of sp³-hybridized carbons (Fsp3) is 0.125. The number of nitrogens with one attached hydrogen (secondary N) is 2. The molecule has 2 N–H and O–H groups in total. The van der Waals surface area contributed by atoms with Crippen molar-refractivity contribution in [1.82, 2.24) is 5.43 Å². The molecule has 0 fully saturated rings. The number of nitrogens with zero attached hydrogens (tertiary/aromatic N) is 1. The fourth-order valence-electron chi connectivity index (χ4n) is 2.89. The molecule has 35 heavy (non-hydrogen) atoms. The Kier molecular flexibility index (Phi) is 8.32. The maximum absolute atomic E-state index is 12.8. The van der Waals surface area contributed by atoms with Crippen LogP contribution in [0.15, 0.2) is 71.8 Å². The van der Waals surface area contributed by atoms with Crippen molar-refractivity contribution < 1.29 is 32.2 Å². The van der Waals surface area contributed by atoms with Crippen molar-refractivity contribution in [2.45, 2.75) is 12.8 Å². The summed E-state index contributed by atoms with van der Waals surface area (Å²) in [7, 11) is 1.51. The molecule has 3 aromatic carbocycles. The van der Waals surface area contributed by atoms with Gasteiger partial charge in [0.25, 0.3) is 0 Å². The minimum atomic E-state index is -4.58. The minimum Gasteiger partial charge on any atom is -0.496 e. The van der Waals surface area contributed by atoms with Gasteiger partial charge in [-0.15, -0.1) is 0 Å². The number of para-hydroxylation sites is 1. The molecule has 3 rings (SSSR count). The summed E-state index contributed by atoms with van der Waals surface area (Å²) in [6, 6.07) is 15.9. The van der Waals surface area contributed by atoms with Gasteiger partial charge in [-0.1, -0.05) is 29.8 Å². The van der Waals surface area contributed by atoms with Gasteiger partial charge in [0.2, 0.25) is 0 Å². The Morgan fingerprint density at radius 1 is 1.00 bits per heavy atom. The summed E-state index contributed by atoms with van der Waals surface area (Å²) in [5.74, 6) is -1.28. The first-order valence-electron chi connectivity index (χ1n) is 10.0. The normalized spacial score (nSPS) is 11.2. The highest BCUT2D eigenvalue weighted by atomic mass is 35.5. The molecule has 0 aromatic heterocycles. The van der Waals surface area contributed by atoms with E-state index < -0.39 is 23.6 Å². The monoisotopic (exact) mass is 505 g/mol. The van der Waals surface area contributed by atoms with Crippen molar-refractivity contribution >= 4 is 35.3 Å². The highest BCUT2D eigenvalue weighted by Crippen LogP contribution is 2.30. The Labute approximate surface area is 203 Å². The molecule has 0 aliphatic heterocycles. The summed E-state index contributed by atoms with van der Waals surface area (Å²) in [5.41, 5.74) is 2.12. The number of anilines is 1. The molecule has 0 bridgehead atoms. The van der Waals surface area contributed by atoms with Gasteiger partial charge in [-0.05, 0) is 54.1 Å². The maximum atomic E-state index is 12.8. The lowest BCUT2D eigenvalue weighted by atomic mass is 10.1. The molecule has 0 heterocycles. The van der Waals surface area contributed by atoms with E-state index >= 15 is 0 Å². The van der Waals surface area contributed by atoms with Crippen LogP contribution in [0.25, 0.3) is 0 Å². The number of alkyl halides is 3. The van der Waals surface area contributed by atoms with Crippen LogP contribution in [-0.2, 0) is 22.4 Å². The number of hydrogen-bond acceptors (Lipinski definition) is 5. The van der Waals surface area contributed by atoms with Gasteiger partial charge in [0.15, 0.2) is 0 Å². The van der Waals surface area contributed by atoms with Gasteiger partial charge in [-0.25, -0.2) is 5.43 Å². The molecule has 0 radical (unpaired) electrons. The maximum Gasteiger partial charge on any atom is 0.416 e. The van der Waals surface area contributed by atoms with E-state index in [1.54, 1.807) is 42.5 Å². The zero-order valence-electron chi connectivity index (χ0n) is 18.2. The summed E-state index contributed by atoms with van der Waals surface area (Å²) in [5, 5.41) is 6.27. The van der Waals surface area contributed by atoms with Crippen molar-refractivity contribution in [3.05, 3.63) is 88.4 Å². The summed E-state index contributed by atoms with van der Waals surface area (Å²) >= 11 is 6.10. The van der Waals surface area contributed by atoms with Crippen LogP contribution in [0.1, 0.15) is 16.7 Å². The second kappa shape index (κ2) is 11.4. The number of carbonyl (C=O) groups excluding carboxylic acids is 2. The quantitative estimate of drug-likeness (QED) is 0.268. The first kappa shape index (κ1) is 25.6. The van der Waals surface area contributed by atoms with Crippen molar-refractivity contribution in [2.75, 3.05) is 12.4 Å². The van der Waals surface area contributed by atoms with Crippen LogP contribution in [0.2, 0.25) is 5.02 Å². The number of methoxy groups -OCH3 is 1. The van der Waals surface area contributed by atoms with Gasteiger partial charge in [0.05, 0.1) is 23.9 Å². The number of rotatable bonds is 7. The predicted molar refractivity (Wildman–Crippen MR) is 125 cm³/mol. The summed E-state index contributed by atoms with van der Waals surface area (Å²) in [6.45, 7) is 0.139. The summed E-state index contributed by atoms with van der Waals surface area (Å²) in [4.78, 5) is 23.9. The van der Waals surface area contributed by atoms with Gasteiger partial charge >= 0.3 is 18.0 Å². The summed E-state index contributed by atoms with van der Waals surface area (Å²) in [6.07, 6.45) is -3.29. The van der Waals surface area contributed by atoms with Crippen LogP contribution in [0.4, 0.5) is 18.9 Å². The lowest BCUT2D eigenvalue weighted by molar-refractivity contribution is -0.137. The van der Waals surface area contributed by atoms with Crippen LogP contribution >= 0.6 is 11.6 Å². The van der Waals surface area contributed by atoms with Crippen LogP contribution in [-0.4, -0.2) is 25.1 Å². The van der Waals surface area contributed by atoms with E-state index in [1.807, 2.05) is 5.43 Å². The molecular weight excluding hydrogens is 487 g/mol. The van der Waals surface area contributed by atoms with Crippen LogP contribution in [0, 0.1) is 0 Å². The molecule has 2 amide bonds. The first-order valence-corrected chi connectivity index (χ1v) is 10.4. The number of halogens is 4. The molecule has 0 atom stereocenters. The minimum absolute atomic E-state index is 0.139. The average Bonchev–Trinajstić information content (AvgIpc) is 2.83. The SMILES string of the molecule is COc1ccc(/C=N/NC(=O)C(=O)Nc2cccc(C(F)(F)F)c2)cc1COc1ccccc1Cl. The van der Waals surface area contributed by atoms with Crippen molar-refractivity contribution in [2.24, 2.45) is 5.10 Å². The molecule has 0 aliphatic rings. The zero-order valence-corrected chi connectivity index (χ0v) is 19.0. The topological polar surface area (TPSA) is 89.0 Å². The highest BCUT2D eigenvalue weighted by molar-refractivity contribution is 6.39. The third-order valence-electron chi connectivity index (χ3n) is 4.56. The van der Waals surface area contributed by atoms with E-state index in [0.717, 1.165) is 18.2 Å². The molecule has 0 unspecified atom stereocenters. The van der Waals surface area contributed by atoms with Crippen LogP contribution in [0.5, 0.6) is 11.5 Å². The fourth-order valence-corrected chi connectivity index (χ4v) is 3.08. The van der Waals surface area contributed by atoms with E-state index in [4.69, 9.17) is 21.1 Å². The van der Waals surface area contributed by atoms with Crippen molar-refractivity contribution in [3.8, 4) is 11.5 Å². The molecule has 3 aromatic rings. The second-order valence-corrected chi connectivity index (χ2v) is 7.43. The zero-order chi connectivity index (χ0) is 25.4. The first-order chi connectivity index (χ1) is 16.7. The van der Waals surface area contributed by atoms with Gasteiger partial charge in [-0.2, -0.15) is 18.3 Å². The van der Waals surface area contributed by atoms with Gasteiger partial charge in [0, 0.05) is 11.3 Å². The number of hydrazone groups is 1. The number of amides is 2. The number of carbonyl (C=O) groups is 2. The largest absolute Gasteiger partial charge is 0.496 e. The van der Waals surface area contributed by atoms with E-state index in [-0.39, 0.29) is 12.3 Å². The Morgan fingerprint density at radius 2 is 1.77 bits per heavy atom. The summed E-state index contributed by atoms with van der Waals surface area (Å²) < 4.78 is 49.4. The van der Waals surface area contributed by atoms with E-state index in [2.05, 4.69) is 10.4 Å².